The average Bonchev–Trinajstić information content (AvgIpc) is 3.13. The largest absolute Gasteiger partial charge is 0.508 e. The van der Waals surface area contributed by atoms with Crippen LogP contribution in [-0.2, 0) is 0 Å². The summed E-state index contributed by atoms with van der Waals surface area (Å²) in [6.07, 6.45) is -0.836. The molecular formula is C19H17ClN4O3. The number of phenolic OH excluding ortho intramolecular Hbond substituents is 1. The van der Waals surface area contributed by atoms with Gasteiger partial charge in [0.05, 0.1) is 17.7 Å². The fraction of sp³-hybridized carbons (Fsp3) is 0.211. The van der Waals surface area contributed by atoms with E-state index in [0.717, 1.165) is 0 Å². The summed E-state index contributed by atoms with van der Waals surface area (Å²) in [6.45, 7) is 10.5. The van der Waals surface area contributed by atoms with Crippen LogP contribution in [0.5, 0.6) is 5.75 Å². The van der Waals surface area contributed by atoms with Gasteiger partial charge >= 0.3 is 0 Å². The number of aliphatic hydroxyl groups is 1. The molecule has 0 saturated heterocycles. The molecule has 2 atom stereocenters. The maximum Gasteiger partial charge on any atom is 0.247 e. The van der Waals surface area contributed by atoms with Crippen LogP contribution in [0.25, 0.3) is 16.3 Å². The fourth-order valence-electron chi connectivity index (χ4n) is 2.55. The number of hydrogen-bond acceptors (Lipinski definition) is 6. The predicted octanol–water partition coefficient (Wildman–Crippen LogP) is 4.49. The number of aromatic hydroxyl groups is 1. The third kappa shape index (κ3) is 3.87. The number of rotatable bonds is 5. The van der Waals surface area contributed by atoms with Crippen LogP contribution in [0.3, 0.4) is 0 Å². The number of nitrogens with one attached hydrogen (secondary N) is 1. The second kappa shape index (κ2) is 7.66. The number of aromatic nitrogens is 2. The van der Waals surface area contributed by atoms with Crippen LogP contribution in [0.15, 0.2) is 40.8 Å². The van der Waals surface area contributed by atoms with E-state index in [1.807, 2.05) is 0 Å². The molecule has 0 aliphatic rings. The number of phenols is 1. The van der Waals surface area contributed by atoms with E-state index in [0.29, 0.717) is 27.5 Å². The summed E-state index contributed by atoms with van der Waals surface area (Å²) in [7, 11) is 0. The van der Waals surface area contributed by atoms with Gasteiger partial charge in [0.2, 0.25) is 17.5 Å². The number of anilines is 1. The molecule has 3 aromatic rings. The number of halogens is 1. The van der Waals surface area contributed by atoms with Gasteiger partial charge in [0.25, 0.3) is 0 Å². The zero-order chi connectivity index (χ0) is 19.6. The molecule has 0 fully saturated rings. The Morgan fingerprint density at radius 3 is 2.52 bits per heavy atom. The Balaban J connectivity index is 1.90. The molecule has 0 aliphatic heterocycles. The highest BCUT2D eigenvalue weighted by Crippen LogP contribution is 2.35. The normalized spacial score (nSPS) is 13.0. The van der Waals surface area contributed by atoms with Gasteiger partial charge in [-0.1, -0.05) is 17.7 Å². The first-order chi connectivity index (χ1) is 12.9. The van der Waals surface area contributed by atoms with Gasteiger partial charge in [-0.2, -0.15) is 0 Å². The van der Waals surface area contributed by atoms with E-state index in [-0.39, 0.29) is 17.5 Å². The third-order valence-electron chi connectivity index (χ3n) is 4.10. The Hall–Kier alpha value is -3.08. The highest BCUT2D eigenvalue weighted by Gasteiger charge is 2.25. The summed E-state index contributed by atoms with van der Waals surface area (Å²) in [5, 5.41) is 31.1. The molecule has 27 heavy (non-hydrogen) atoms. The molecule has 0 unspecified atom stereocenters. The van der Waals surface area contributed by atoms with Gasteiger partial charge in [-0.25, -0.2) is 4.85 Å². The van der Waals surface area contributed by atoms with E-state index < -0.39 is 12.1 Å². The lowest BCUT2D eigenvalue weighted by Crippen LogP contribution is -2.23. The van der Waals surface area contributed by atoms with Crippen molar-refractivity contribution >= 4 is 23.0 Å². The molecule has 2 aromatic carbocycles. The first-order valence-corrected chi connectivity index (χ1v) is 8.52. The van der Waals surface area contributed by atoms with Crippen LogP contribution < -0.4 is 5.32 Å². The average molecular weight is 385 g/mol. The standard InChI is InChI=1S/C19H17ClN4O3/c1-10-14(8-9-15(21-3)16(10)20)22-17(11(2)25)19-24-23-18(27-19)12-4-6-13(26)7-5-12/h4-9,11,17,22,25-26H,1-2H3/t11-,17-/m1/s1. The zero-order valence-electron chi connectivity index (χ0n) is 14.6. The third-order valence-corrected chi connectivity index (χ3v) is 4.58. The maximum absolute atomic E-state index is 10.2. The van der Waals surface area contributed by atoms with E-state index in [1.165, 1.54) is 12.1 Å². The minimum Gasteiger partial charge on any atom is -0.508 e. The molecule has 0 radical (unpaired) electrons. The maximum atomic E-state index is 10.2. The van der Waals surface area contributed by atoms with E-state index in [1.54, 1.807) is 38.1 Å². The molecule has 3 rings (SSSR count). The first-order valence-electron chi connectivity index (χ1n) is 8.14. The quantitative estimate of drug-likeness (QED) is 0.561. The van der Waals surface area contributed by atoms with Crippen molar-refractivity contribution in [3.05, 3.63) is 64.3 Å². The second-order valence-electron chi connectivity index (χ2n) is 6.04. The molecule has 7 nitrogen and oxygen atoms in total. The van der Waals surface area contributed by atoms with Crippen LogP contribution in [0.4, 0.5) is 11.4 Å². The van der Waals surface area contributed by atoms with Crippen LogP contribution in [0.1, 0.15) is 24.4 Å². The summed E-state index contributed by atoms with van der Waals surface area (Å²) in [5.41, 5.74) is 2.36. The molecule has 0 spiro atoms. The van der Waals surface area contributed by atoms with E-state index in [2.05, 4.69) is 20.4 Å². The van der Waals surface area contributed by atoms with Crippen LogP contribution in [0, 0.1) is 13.5 Å². The van der Waals surface area contributed by atoms with Crippen LogP contribution in [-0.4, -0.2) is 26.5 Å². The molecule has 0 amide bonds. The predicted molar refractivity (Wildman–Crippen MR) is 102 cm³/mol. The topological polar surface area (TPSA) is 95.8 Å². The van der Waals surface area contributed by atoms with Crippen molar-refractivity contribution in [2.75, 3.05) is 5.32 Å². The lowest BCUT2D eigenvalue weighted by Gasteiger charge is -2.21. The van der Waals surface area contributed by atoms with Gasteiger partial charge in [-0.05, 0) is 49.7 Å². The SMILES string of the molecule is [C-]#[N+]c1ccc(N[C@@H](c2nnc(-c3ccc(O)cc3)o2)[C@@H](C)O)c(C)c1Cl. The Morgan fingerprint density at radius 1 is 1.19 bits per heavy atom. The second-order valence-corrected chi connectivity index (χ2v) is 6.42. The molecule has 138 valence electrons. The van der Waals surface area contributed by atoms with Crippen molar-refractivity contribution in [3.8, 4) is 17.2 Å². The Morgan fingerprint density at radius 2 is 1.89 bits per heavy atom. The molecule has 0 saturated carbocycles. The summed E-state index contributed by atoms with van der Waals surface area (Å²) in [4.78, 5) is 3.37. The number of aliphatic hydroxyl groups excluding tert-OH is 1. The van der Waals surface area contributed by atoms with Crippen molar-refractivity contribution in [3.63, 3.8) is 0 Å². The van der Waals surface area contributed by atoms with Gasteiger partial charge in [0.15, 0.2) is 0 Å². The zero-order valence-corrected chi connectivity index (χ0v) is 15.4. The first kappa shape index (κ1) is 18.7. The van der Waals surface area contributed by atoms with Crippen molar-refractivity contribution in [1.29, 1.82) is 0 Å². The molecule has 0 aliphatic carbocycles. The van der Waals surface area contributed by atoms with Crippen LogP contribution in [0.2, 0.25) is 5.02 Å². The lowest BCUT2D eigenvalue weighted by atomic mass is 10.1. The van der Waals surface area contributed by atoms with Gasteiger partial charge in [-0.15, -0.1) is 10.2 Å². The fourth-order valence-corrected chi connectivity index (χ4v) is 2.76. The Bertz CT molecular complexity index is 993. The van der Waals surface area contributed by atoms with Gasteiger partial charge in [0, 0.05) is 11.3 Å². The Labute approximate surface area is 161 Å². The lowest BCUT2D eigenvalue weighted by molar-refractivity contribution is 0.159. The van der Waals surface area contributed by atoms with Crippen molar-refractivity contribution in [2.24, 2.45) is 0 Å². The number of benzene rings is 2. The minimum atomic E-state index is -0.836. The molecule has 0 bridgehead atoms. The van der Waals surface area contributed by atoms with Gasteiger partial charge < -0.3 is 19.9 Å². The Kier molecular flexibility index (Phi) is 5.31. The smallest absolute Gasteiger partial charge is 0.247 e. The van der Waals surface area contributed by atoms with Crippen molar-refractivity contribution in [1.82, 2.24) is 10.2 Å². The van der Waals surface area contributed by atoms with Crippen molar-refractivity contribution in [2.45, 2.75) is 26.0 Å². The molecule has 1 heterocycles. The minimum absolute atomic E-state index is 0.136. The van der Waals surface area contributed by atoms with Gasteiger partial charge in [0.1, 0.15) is 11.8 Å². The summed E-state index contributed by atoms with van der Waals surface area (Å²) in [5.74, 6) is 0.616. The molecular weight excluding hydrogens is 368 g/mol. The summed E-state index contributed by atoms with van der Waals surface area (Å²) in [6, 6.07) is 9.02. The number of hydrogen-bond donors (Lipinski definition) is 3. The van der Waals surface area contributed by atoms with E-state index >= 15 is 0 Å². The summed E-state index contributed by atoms with van der Waals surface area (Å²) >= 11 is 6.22. The van der Waals surface area contributed by atoms with E-state index in [4.69, 9.17) is 22.6 Å². The molecule has 1 aromatic heterocycles. The monoisotopic (exact) mass is 384 g/mol. The highest BCUT2D eigenvalue weighted by molar-refractivity contribution is 6.34. The highest BCUT2D eigenvalue weighted by atomic mass is 35.5. The van der Waals surface area contributed by atoms with Crippen molar-refractivity contribution < 1.29 is 14.6 Å². The summed E-state index contributed by atoms with van der Waals surface area (Å²) < 4.78 is 5.71. The van der Waals surface area contributed by atoms with E-state index in [9.17, 15) is 10.2 Å². The molecule has 8 heteroatoms. The van der Waals surface area contributed by atoms with Gasteiger partial charge in [-0.3, -0.25) is 0 Å². The number of nitrogens with zero attached hydrogens (tertiary/aromatic N) is 3. The van der Waals surface area contributed by atoms with Crippen LogP contribution >= 0.6 is 11.6 Å². The molecule has 3 N–H and O–H groups in total.